The monoisotopic (exact) mass is 201 g/mol. The third-order valence-electron chi connectivity index (χ3n) is 1.55. The Morgan fingerprint density at radius 3 is 2.31 bits per heavy atom. The average molecular weight is 201 g/mol. The molecule has 0 radical (unpaired) electrons. The first-order valence-electron chi connectivity index (χ1n) is 3.99. The predicted octanol–water partition coefficient (Wildman–Crippen LogP) is 1.30. The highest BCUT2D eigenvalue weighted by atomic mass is 32.2. The van der Waals surface area contributed by atoms with Crippen LogP contribution < -0.4 is 0 Å². The van der Waals surface area contributed by atoms with Crippen molar-refractivity contribution >= 4 is 22.8 Å². The van der Waals surface area contributed by atoms with Gasteiger partial charge in [-0.25, -0.2) is 0 Å². The van der Waals surface area contributed by atoms with Gasteiger partial charge < -0.3 is 4.90 Å². The van der Waals surface area contributed by atoms with E-state index in [0.717, 1.165) is 0 Å². The van der Waals surface area contributed by atoms with Crippen LogP contribution in [-0.4, -0.2) is 35.3 Å². The van der Waals surface area contributed by atoms with Crippen molar-refractivity contribution in [3.05, 3.63) is 12.2 Å². The minimum absolute atomic E-state index is 0.00282. The Balaban J connectivity index is 3.62. The number of amides is 1. The third-order valence-corrected chi connectivity index (χ3v) is 2.54. The van der Waals surface area contributed by atoms with Crippen molar-refractivity contribution in [2.24, 2.45) is 0 Å². The molecule has 1 amide bonds. The molecule has 0 aliphatic rings. The van der Waals surface area contributed by atoms with Gasteiger partial charge in [0.15, 0.2) is 0 Å². The van der Waals surface area contributed by atoms with E-state index in [0.29, 0.717) is 17.9 Å². The summed E-state index contributed by atoms with van der Waals surface area (Å²) >= 11 is 1.20. The minimum atomic E-state index is -0.00282. The van der Waals surface area contributed by atoms with Crippen molar-refractivity contribution in [3.63, 3.8) is 0 Å². The van der Waals surface area contributed by atoms with Gasteiger partial charge in [-0.3, -0.25) is 9.59 Å². The molecular formula is C9H15NO2S. The molecule has 0 heterocycles. The molecule has 0 rings (SSSR count). The van der Waals surface area contributed by atoms with Gasteiger partial charge in [0.1, 0.15) is 0 Å². The molecule has 0 aliphatic heterocycles. The van der Waals surface area contributed by atoms with E-state index >= 15 is 0 Å². The molecular weight excluding hydrogens is 186 g/mol. The Morgan fingerprint density at radius 2 is 1.92 bits per heavy atom. The summed E-state index contributed by atoms with van der Waals surface area (Å²) < 4.78 is 0. The van der Waals surface area contributed by atoms with Crippen LogP contribution in [0.15, 0.2) is 12.2 Å². The van der Waals surface area contributed by atoms with Gasteiger partial charge in [-0.2, -0.15) is 0 Å². The van der Waals surface area contributed by atoms with Crippen LogP contribution >= 0.6 is 11.8 Å². The molecule has 0 aromatic rings. The molecule has 13 heavy (non-hydrogen) atoms. The number of hydrogen-bond acceptors (Lipinski definition) is 3. The maximum atomic E-state index is 11.1. The number of hydrogen-bond donors (Lipinski definition) is 0. The number of carbonyl (C=O) groups is 2. The molecule has 0 bridgehead atoms. The smallest absolute Gasteiger partial charge is 0.219 e. The van der Waals surface area contributed by atoms with Gasteiger partial charge in [0.25, 0.3) is 0 Å². The van der Waals surface area contributed by atoms with E-state index in [1.165, 1.54) is 18.7 Å². The summed E-state index contributed by atoms with van der Waals surface area (Å²) in [5.41, 5.74) is 0.551. The Hall–Kier alpha value is -0.770. The van der Waals surface area contributed by atoms with Crippen molar-refractivity contribution in [1.29, 1.82) is 0 Å². The van der Waals surface area contributed by atoms with E-state index in [1.807, 2.05) is 0 Å². The van der Waals surface area contributed by atoms with Crippen LogP contribution in [0, 0.1) is 0 Å². The highest BCUT2D eigenvalue weighted by Gasteiger charge is 2.05. The van der Waals surface area contributed by atoms with Gasteiger partial charge in [0, 0.05) is 26.3 Å². The molecule has 0 aromatic heterocycles. The summed E-state index contributed by atoms with van der Waals surface area (Å²) in [6.45, 7) is 7.32. The maximum Gasteiger partial charge on any atom is 0.219 e. The lowest BCUT2D eigenvalue weighted by atomic mass is 10.4. The zero-order chi connectivity index (χ0) is 10.4. The van der Waals surface area contributed by atoms with Gasteiger partial charge >= 0.3 is 0 Å². The van der Waals surface area contributed by atoms with E-state index in [2.05, 4.69) is 6.58 Å². The second-order valence-corrected chi connectivity index (χ2v) is 3.92. The number of rotatable bonds is 4. The standard InChI is InChI=1S/C9H15NO2S/c1-7(2)9(12)13-6-5-10(4)8(3)11/h1,5-6H2,2-4H3. The van der Waals surface area contributed by atoms with Gasteiger partial charge in [0.05, 0.1) is 0 Å². The molecule has 0 N–H and O–H groups in total. The SMILES string of the molecule is C=C(C)C(=O)SCCN(C)C(C)=O. The molecule has 0 unspecified atom stereocenters. The highest BCUT2D eigenvalue weighted by molar-refractivity contribution is 8.14. The van der Waals surface area contributed by atoms with Gasteiger partial charge in [-0.1, -0.05) is 18.3 Å². The number of nitrogens with zero attached hydrogens (tertiary/aromatic N) is 1. The van der Waals surface area contributed by atoms with Gasteiger partial charge in [-0.15, -0.1) is 0 Å². The molecule has 0 aromatic carbocycles. The van der Waals surface area contributed by atoms with Gasteiger partial charge in [0.2, 0.25) is 11.0 Å². The number of carbonyl (C=O) groups excluding carboxylic acids is 2. The lowest BCUT2D eigenvalue weighted by Crippen LogP contribution is -2.26. The highest BCUT2D eigenvalue weighted by Crippen LogP contribution is 2.08. The molecule has 3 nitrogen and oxygen atoms in total. The van der Waals surface area contributed by atoms with E-state index in [1.54, 1.807) is 18.9 Å². The molecule has 0 spiro atoms. The average Bonchev–Trinajstić information content (AvgIpc) is 2.03. The van der Waals surface area contributed by atoms with Crippen LogP contribution in [0.1, 0.15) is 13.8 Å². The second-order valence-electron chi connectivity index (χ2n) is 2.86. The molecule has 0 aliphatic carbocycles. The van der Waals surface area contributed by atoms with Crippen LogP contribution in [0.2, 0.25) is 0 Å². The number of thioether (sulfide) groups is 1. The molecule has 0 saturated carbocycles. The fourth-order valence-electron chi connectivity index (χ4n) is 0.556. The predicted molar refractivity (Wildman–Crippen MR) is 55.6 cm³/mol. The Morgan fingerprint density at radius 1 is 1.38 bits per heavy atom. The summed E-state index contributed by atoms with van der Waals surface area (Å²) in [6, 6.07) is 0. The van der Waals surface area contributed by atoms with E-state index in [-0.39, 0.29) is 11.0 Å². The normalized spacial score (nSPS) is 9.46. The van der Waals surface area contributed by atoms with E-state index < -0.39 is 0 Å². The fourth-order valence-corrected chi connectivity index (χ4v) is 1.35. The Labute approximate surface area is 83.2 Å². The zero-order valence-corrected chi connectivity index (χ0v) is 9.11. The van der Waals surface area contributed by atoms with Crippen molar-refractivity contribution in [2.45, 2.75) is 13.8 Å². The second kappa shape index (κ2) is 5.80. The lowest BCUT2D eigenvalue weighted by Gasteiger charge is -2.13. The molecule has 0 saturated heterocycles. The molecule has 4 heteroatoms. The quantitative estimate of drug-likeness (QED) is 0.643. The first-order valence-corrected chi connectivity index (χ1v) is 4.98. The molecule has 0 atom stereocenters. The van der Waals surface area contributed by atoms with Gasteiger partial charge in [-0.05, 0) is 12.5 Å². The van der Waals surface area contributed by atoms with Crippen LogP contribution in [0.3, 0.4) is 0 Å². The summed E-state index contributed by atoms with van der Waals surface area (Å²) in [4.78, 5) is 23.4. The molecule has 74 valence electrons. The van der Waals surface area contributed by atoms with E-state index in [9.17, 15) is 9.59 Å². The maximum absolute atomic E-state index is 11.1. The van der Waals surface area contributed by atoms with Crippen molar-refractivity contribution < 1.29 is 9.59 Å². The zero-order valence-electron chi connectivity index (χ0n) is 8.29. The summed E-state index contributed by atoms with van der Waals surface area (Å²) in [5.74, 6) is 0.644. The topological polar surface area (TPSA) is 37.4 Å². The van der Waals surface area contributed by atoms with Crippen molar-refractivity contribution in [3.8, 4) is 0 Å². The van der Waals surface area contributed by atoms with Crippen LogP contribution in [0.5, 0.6) is 0 Å². The molecule has 0 fully saturated rings. The Kier molecular flexibility index (Phi) is 5.46. The van der Waals surface area contributed by atoms with Crippen molar-refractivity contribution in [1.82, 2.24) is 4.90 Å². The fraction of sp³-hybridized carbons (Fsp3) is 0.556. The first kappa shape index (κ1) is 12.2. The van der Waals surface area contributed by atoms with Crippen LogP contribution in [-0.2, 0) is 9.59 Å². The largest absolute Gasteiger partial charge is 0.345 e. The summed E-state index contributed by atoms with van der Waals surface area (Å²) in [7, 11) is 1.72. The minimum Gasteiger partial charge on any atom is -0.345 e. The Bertz CT molecular complexity index is 226. The van der Waals surface area contributed by atoms with Crippen LogP contribution in [0.25, 0.3) is 0 Å². The van der Waals surface area contributed by atoms with Crippen LogP contribution in [0.4, 0.5) is 0 Å². The van der Waals surface area contributed by atoms with E-state index in [4.69, 9.17) is 0 Å². The summed E-state index contributed by atoms with van der Waals surface area (Å²) in [6.07, 6.45) is 0. The first-order chi connectivity index (χ1) is 5.95. The summed E-state index contributed by atoms with van der Waals surface area (Å²) in [5, 5.41) is -0.00282. The lowest BCUT2D eigenvalue weighted by molar-refractivity contribution is -0.127. The third kappa shape index (κ3) is 5.47. The van der Waals surface area contributed by atoms with Crippen molar-refractivity contribution in [2.75, 3.05) is 19.3 Å².